The van der Waals surface area contributed by atoms with Crippen molar-refractivity contribution in [2.75, 3.05) is 0 Å². The van der Waals surface area contributed by atoms with Gasteiger partial charge in [0.05, 0.1) is 27.5 Å². The molecule has 1 aromatic carbocycles. The summed E-state index contributed by atoms with van der Waals surface area (Å²) in [5.41, 5.74) is 1.04. The van der Waals surface area contributed by atoms with E-state index >= 15 is 0 Å². The maximum Gasteiger partial charge on any atom is 0.344 e. The average molecular weight is 388 g/mol. The van der Waals surface area contributed by atoms with E-state index in [9.17, 15) is 4.79 Å². The molecule has 25 heavy (non-hydrogen) atoms. The molecule has 0 spiro atoms. The Kier molecular flexibility index (Phi) is 5.76. The van der Waals surface area contributed by atoms with E-state index in [1.165, 1.54) is 30.0 Å². The van der Waals surface area contributed by atoms with E-state index < -0.39 is 12.1 Å². The van der Waals surface area contributed by atoms with Crippen molar-refractivity contribution >= 4 is 35.4 Å². The second-order valence-corrected chi connectivity index (χ2v) is 5.90. The van der Waals surface area contributed by atoms with Crippen LogP contribution >= 0.6 is 23.2 Å². The SMILES string of the molecule is Cc1nn(C)c(Oc2cc(O[C@@H](C)C(=O)O)c(Cl)cc2Cl)c1/C=N/O. The van der Waals surface area contributed by atoms with Crippen LogP contribution in [0.1, 0.15) is 18.2 Å². The fourth-order valence-corrected chi connectivity index (χ4v) is 2.47. The molecule has 0 aliphatic heterocycles. The molecule has 0 amide bonds. The van der Waals surface area contributed by atoms with Gasteiger partial charge >= 0.3 is 5.97 Å². The minimum absolute atomic E-state index is 0.104. The Morgan fingerprint density at radius 3 is 2.60 bits per heavy atom. The highest BCUT2D eigenvalue weighted by Crippen LogP contribution is 2.39. The van der Waals surface area contributed by atoms with Crippen molar-refractivity contribution in [1.82, 2.24) is 9.78 Å². The van der Waals surface area contributed by atoms with E-state index in [2.05, 4.69) is 10.3 Å². The summed E-state index contributed by atoms with van der Waals surface area (Å²) in [5.74, 6) is -0.588. The molecule has 1 atom stereocenters. The first-order chi connectivity index (χ1) is 11.7. The van der Waals surface area contributed by atoms with Gasteiger partial charge in [-0.25, -0.2) is 9.48 Å². The first-order valence-corrected chi connectivity index (χ1v) is 7.77. The third kappa shape index (κ3) is 4.15. The van der Waals surface area contributed by atoms with Gasteiger partial charge in [0.15, 0.2) is 11.9 Å². The number of aliphatic carboxylic acids is 1. The molecular weight excluding hydrogens is 373 g/mol. The number of hydrogen-bond donors (Lipinski definition) is 2. The largest absolute Gasteiger partial charge is 0.479 e. The Morgan fingerprint density at radius 1 is 1.36 bits per heavy atom. The molecule has 0 aliphatic carbocycles. The number of aryl methyl sites for hydroxylation is 2. The number of carboxylic acids is 1. The summed E-state index contributed by atoms with van der Waals surface area (Å²) in [5, 5.41) is 25.2. The molecule has 134 valence electrons. The molecule has 1 aromatic heterocycles. The molecule has 0 saturated carbocycles. The molecule has 0 aliphatic rings. The molecule has 2 N–H and O–H groups in total. The lowest BCUT2D eigenvalue weighted by Crippen LogP contribution is -2.23. The Hall–Kier alpha value is -2.45. The van der Waals surface area contributed by atoms with Crippen LogP contribution in [0.2, 0.25) is 10.0 Å². The predicted octanol–water partition coefficient (Wildman–Crippen LogP) is 3.49. The normalized spacial score (nSPS) is 12.4. The first-order valence-electron chi connectivity index (χ1n) is 7.02. The number of halogens is 2. The van der Waals surface area contributed by atoms with Gasteiger partial charge in [-0.2, -0.15) is 5.10 Å². The van der Waals surface area contributed by atoms with Crippen molar-refractivity contribution in [3.8, 4) is 17.4 Å². The van der Waals surface area contributed by atoms with E-state index in [-0.39, 0.29) is 27.4 Å². The minimum atomic E-state index is -1.14. The van der Waals surface area contributed by atoms with Gasteiger partial charge < -0.3 is 19.8 Å². The zero-order chi connectivity index (χ0) is 18.7. The topological polar surface area (TPSA) is 106 Å². The molecule has 0 saturated heterocycles. The van der Waals surface area contributed by atoms with Crippen molar-refractivity contribution in [2.45, 2.75) is 20.0 Å². The third-order valence-electron chi connectivity index (χ3n) is 3.25. The lowest BCUT2D eigenvalue weighted by Gasteiger charge is -2.15. The van der Waals surface area contributed by atoms with Crippen LogP contribution in [0.15, 0.2) is 17.3 Å². The van der Waals surface area contributed by atoms with Crippen LogP contribution in [0, 0.1) is 6.92 Å². The second kappa shape index (κ2) is 7.62. The van der Waals surface area contributed by atoms with E-state index in [4.69, 9.17) is 43.0 Å². The van der Waals surface area contributed by atoms with Crippen LogP contribution in [0.25, 0.3) is 0 Å². The standard InChI is InChI=1S/C15H15Cl2N3O5/c1-7-9(6-18-23)14(20(3)19-7)25-13-5-12(10(16)4-11(13)17)24-8(2)15(21)22/h4-6,8,23H,1-3H3,(H,21,22)/b18-6+/t8-/m0/s1. The summed E-state index contributed by atoms with van der Waals surface area (Å²) in [4.78, 5) is 10.9. The molecule has 0 unspecified atom stereocenters. The molecule has 2 aromatic rings. The maximum absolute atomic E-state index is 10.9. The Bertz CT molecular complexity index is 835. The van der Waals surface area contributed by atoms with E-state index in [1.54, 1.807) is 14.0 Å². The fraction of sp³-hybridized carbons (Fsp3) is 0.267. The van der Waals surface area contributed by atoms with E-state index in [0.29, 0.717) is 11.3 Å². The summed E-state index contributed by atoms with van der Waals surface area (Å²) in [6.45, 7) is 3.09. The number of aromatic nitrogens is 2. The molecule has 2 rings (SSSR count). The number of oxime groups is 1. The van der Waals surface area contributed by atoms with Crippen LogP contribution in [0.4, 0.5) is 0 Å². The molecule has 10 heteroatoms. The van der Waals surface area contributed by atoms with Gasteiger partial charge in [-0.1, -0.05) is 28.4 Å². The Balaban J connectivity index is 2.42. The number of carboxylic acid groups (broad SMARTS) is 1. The summed E-state index contributed by atoms with van der Waals surface area (Å²) in [6, 6.07) is 2.76. The number of carbonyl (C=O) groups is 1. The summed E-state index contributed by atoms with van der Waals surface area (Å²) in [7, 11) is 1.64. The van der Waals surface area contributed by atoms with Gasteiger partial charge in [0.25, 0.3) is 0 Å². The molecule has 8 nitrogen and oxygen atoms in total. The average Bonchev–Trinajstić information content (AvgIpc) is 2.78. The van der Waals surface area contributed by atoms with Crippen LogP contribution in [-0.4, -0.2) is 38.4 Å². The lowest BCUT2D eigenvalue weighted by molar-refractivity contribution is -0.144. The molecule has 0 radical (unpaired) electrons. The van der Waals surface area contributed by atoms with Crippen LogP contribution in [0.3, 0.4) is 0 Å². The highest BCUT2D eigenvalue weighted by atomic mass is 35.5. The molecule has 1 heterocycles. The van der Waals surface area contributed by atoms with Crippen LogP contribution in [0.5, 0.6) is 17.4 Å². The number of benzene rings is 1. The number of hydrogen-bond acceptors (Lipinski definition) is 6. The van der Waals surface area contributed by atoms with Gasteiger partial charge in [0, 0.05) is 13.1 Å². The Labute approximate surface area is 153 Å². The summed E-state index contributed by atoms with van der Waals surface area (Å²) in [6.07, 6.45) is 0.0772. The van der Waals surface area contributed by atoms with Crippen molar-refractivity contribution in [2.24, 2.45) is 12.2 Å². The zero-order valence-electron chi connectivity index (χ0n) is 13.5. The highest BCUT2D eigenvalue weighted by molar-refractivity contribution is 6.36. The van der Waals surface area contributed by atoms with Crippen molar-refractivity contribution in [1.29, 1.82) is 0 Å². The number of nitrogens with zero attached hydrogens (tertiary/aromatic N) is 3. The lowest BCUT2D eigenvalue weighted by atomic mass is 10.2. The maximum atomic E-state index is 10.9. The van der Waals surface area contributed by atoms with E-state index in [0.717, 1.165) is 0 Å². The third-order valence-corrected chi connectivity index (χ3v) is 3.84. The van der Waals surface area contributed by atoms with Gasteiger partial charge in [0.2, 0.25) is 5.88 Å². The number of rotatable bonds is 6. The van der Waals surface area contributed by atoms with Crippen LogP contribution < -0.4 is 9.47 Å². The summed E-state index contributed by atoms with van der Waals surface area (Å²) >= 11 is 12.2. The molecule has 0 fully saturated rings. The number of ether oxygens (including phenoxy) is 2. The van der Waals surface area contributed by atoms with Gasteiger partial charge in [0.1, 0.15) is 5.75 Å². The molecule has 0 bridgehead atoms. The smallest absolute Gasteiger partial charge is 0.344 e. The van der Waals surface area contributed by atoms with Crippen LogP contribution in [-0.2, 0) is 11.8 Å². The Morgan fingerprint density at radius 2 is 2.00 bits per heavy atom. The van der Waals surface area contributed by atoms with Crippen molar-refractivity contribution in [3.63, 3.8) is 0 Å². The van der Waals surface area contributed by atoms with Crippen molar-refractivity contribution < 1.29 is 24.6 Å². The monoisotopic (exact) mass is 387 g/mol. The van der Waals surface area contributed by atoms with Gasteiger partial charge in [-0.15, -0.1) is 0 Å². The summed E-state index contributed by atoms with van der Waals surface area (Å²) < 4.78 is 12.5. The van der Waals surface area contributed by atoms with E-state index in [1.807, 2.05) is 0 Å². The van der Waals surface area contributed by atoms with Gasteiger partial charge in [-0.05, 0) is 19.9 Å². The minimum Gasteiger partial charge on any atom is -0.479 e. The first kappa shape index (κ1) is 18.9. The highest BCUT2D eigenvalue weighted by Gasteiger charge is 2.20. The zero-order valence-corrected chi connectivity index (χ0v) is 15.0. The predicted molar refractivity (Wildman–Crippen MR) is 91.6 cm³/mol. The quantitative estimate of drug-likeness (QED) is 0.446. The van der Waals surface area contributed by atoms with Gasteiger partial charge in [-0.3, -0.25) is 0 Å². The van der Waals surface area contributed by atoms with Crippen molar-refractivity contribution in [3.05, 3.63) is 33.4 Å². The molecular formula is C15H15Cl2N3O5. The second-order valence-electron chi connectivity index (χ2n) is 5.09. The fourth-order valence-electron chi connectivity index (χ4n) is 2.00.